The molecule has 4 rings (SSSR count). The monoisotopic (exact) mass is 503 g/mol. The molecular weight excluding hydrogens is 486 g/mol. The molecule has 2 aromatic carbocycles. The number of carbonyl (C=O) groups is 1. The minimum atomic E-state index is -0.193. The van der Waals surface area contributed by atoms with Gasteiger partial charge in [0.05, 0.1) is 5.57 Å². The molecule has 2 aromatic heterocycles. The summed E-state index contributed by atoms with van der Waals surface area (Å²) < 4.78 is 6.92. The minimum Gasteiger partial charge on any atom is -0.457 e. The second-order valence-corrected chi connectivity index (χ2v) is 9.04. The van der Waals surface area contributed by atoms with Crippen LogP contribution in [-0.2, 0) is 4.79 Å². The summed E-state index contributed by atoms with van der Waals surface area (Å²) in [5, 5.41) is 13.7. The fourth-order valence-electron chi connectivity index (χ4n) is 3.07. The molecule has 0 aliphatic carbocycles. The maximum Gasteiger partial charge on any atom is 0.221 e. The van der Waals surface area contributed by atoms with E-state index in [1.165, 1.54) is 18.3 Å². The zero-order chi connectivity index (χ0) is 22.7. The molecule has 0 aliphatic rings. The molecule has 0 saturated carbocycles. The first-order valence-corrected chi connectivity index (χ1v) is 11.4. The molecule has 5 nitrogen and oxygen atoms in total. The van der Waals surface area contributed by atoms with Crippen molar-refractivity contribution in [3.8, 4) is 28.7 Å². The Labute approximate surface area is 198 Å². The second-order valence-electron chi connectivity index (χ2n) is 7.12. The molecule has 0 saturated heterocycles. The number of benzene rings is 2. The standard InChI is InChI=1S/C25H18BrN3O2S/c1-15-3-5-18(6-4-15)23-25(28-16(2)30)32-24(29-23)19(14-27)13-21-11-12-22(31-21)17-7-9-20(26)10-8-17/h3-13H,1-2H3,(H,28,30)/b19-13+. The topological polar surface area (TPSA) is 78.9 Å². The number of amides is 1. The molecule has 7 heteroatoms. The van der Waals surface area contributed by atoms with Crippen LogP contribution in [0.3, 0.4) is 0 Å². The van der Waals surface area contributed by atoms with Crippen LogP contribution >= 0.6 is 27.3 Å². The number of nitrogens with one attached hydrogen (secondary N) is 1. The van der Waals surface area contributed by atoms with Crippen LogP contribution in [0.1, 0.15) is 23.3 Å². The van der Waals surface area contributed by atoms with Crippen LogP contribution in [0, 0.1) is 18.3 Å². The van der Waals surface area contributed by atoms with Gasteiger partial charge in [-0.3, -0.25) is 4.79 Å². The van der Waals surface area contributed by atoms with E-state index in [4.69, 9.17) is 4.42 Å². The number of nitriles is 1. The van der Waals surface area contributed by atoms with Gasteiger partial charge in [0.25, 0.3) is 0 Å². The van der Waals surface area contributed by atoms with Gasteiger partial charge in [0.2, 0.25) is 5.91 Å². The molecule has 1 amide bonds. The molecule has 0 atom stereocenters. The Bertz CT molecular complexity index is 1340. The van der Waals surface area contributed by atoms with E-state index < -0.39 is 0 Å². The molecule has 2 heterocycles. The maximum absolute atomic E-state index is 11.7. The third kappa shape index (κ3) is 4.88. The first-order chi connectivity index (χ1) is 15.4. The number of aryl methyl sites for hydroxylation is 1. The van der Waals surface area contributed by atoms with Gasteiger partial charge < -0.3 is 9.73 Å². The van der Waals surface area contributed by atoms with Crippen LogP contribution in [0.5, 0.6) is 0 Å². The van der Waals surface area contributed by atoms with Gasteiger partial charge in [0, 0.05) is 28.6 Å². The van der Waals surface area contributed by atoms with Crippen LogP contribution in [0.2, 0.25) is 0 Å². The van der Waals surface area contributed by atoms with Gasteiger partial charge in [-0.05, 0) is 31.2 Å². The summed E-state index contributed by atoms with van der Waals surface area (Å²) in [5.74, 6) is 1.06. The molecule has 0 spiro atoms. The van der Waals surface area contributed by atoms with Crippen LogP contribution in [0.15, 0.2) is 69.6 Å². The summed E-state index contributed by atoms with van der Waals surface area (Å²) in [7, 11) is 0. The Morgan fingerprint density at radius 1 is 1.09 bits per heavy atom. The second kappa shape index (κ2) is 9.35. The van der Waals surface area contributed by atoms with E-state index in [1.807, 2.05) is 67.6 Å². The Kier molecular flexibility index (Phi) is 6.35. The highest BCUT2D eigenvalue weighted by Gasteiger charge is 2.17. The lowest BCUT2D eigenvalue weighted by atomic mass is 10.1. The average molecular weight is 504 g/mol. The van der Waals surface area contributed by atoms with Gasteiger partial charge in [-0.25, -0.2) is 4.98 Å². The Balaban J connectivity index is 1.70. The summed E-state index contributed by atoms with van der Waals surface area (Å²) >= 11 is 4.69. The first kappa shape index (κ1) is 21.8. The van der Waals surface area contributed by atoms with Crippen molar-refractivity contribution < 1.29 is 9.21 Å². The van der Waals surface area contributed by atoms with Crippen molar-refractivity contribution in [3.05, 3.63) is 81.5 Å². The van der Waals surface area contributed by atoms with Gasteiger partial charge in [-0.1, -0.05) is 69.2 Å². The molecule has 32 heavy (non-hydrogen) atoms. The van der Waals surface area contributed by atoms with Gasteiger partial charge >= 0.3 is 0 Å². The number of anilines is 1. The predicted molar refractivity (Wildman–Crippen MR) is 132 cm³/mol. The highest BCUT2D eigenvalue weighted by Crippen LogP contribution is 2.37. The lowest BCUT2D eigenvalue weighted by Gasteiger charge is -2.03. The number of hydrogen-bond acceptors (Lipinski definition) is 5. The van der Waals surface area contributed by atoms with E-state index >= 15 is 0 Å². The summed E-state index contributed by atoms with van der Waals surface area (Å²) in [5.41, 5.74) is 3.93. The van der Waals surface area contributed by atoms with E-state index in [-0.39, 0.29) is 5.91 Å². The van der Waals surface area contributed by atoms with Crippen molar-refractivity contribution >= 4 is 49.8 Å². The summed E-state index contributed by atoms with van der Waals surface area (Å²) in [4.78, 5) is 16.4. The molecule has 1 N–H and O–H groups in total. The van der Waals surface area contributed by atoms with Crippen LogP contribution in [0.25, 0.3) is 34.2 Å². The van der Waals surface area contributed by atoms with Crippen LogP contribution in [0.4, 0.5) is 5.00 Å². The number of hydrogen-bond donors (Lipinski definition) is 1. The smallest absolute Gasteiger partial charge is 0.221 e. The zero-order valence-electron chi connectivity index (χ0n) is 17.3. The highest BCUT2D eigenvalue weighted by atomic mass is 79.9. The molecule has 4 aromatic rings. The number of thiazole rings is 1. The molecule has 158 valence electrons. The van der Waals surface area contributed by atoms with Crippen molar-refractivity contribution in [2.45, 2.75) is 13.8 Å². The Morgan fingerprint density at radius 2 is 1.78 bits per heavy atom. The fraction of sp³-hybridized carbons (Fsp3) is 0.0800. The lowest BCUT2D eigenvalue weighted by Crippen LogP contribution is -2.05. The summed E-state index contributed by atoms with van der Waals surface area (Å²) in [6, 6.07) is 21.6. The Hall–Kier alpha value is -3.47. The average Bonchev–Trinajstić information content (AvgIpc) is 3.40. The van der Waals surface area contributed by atoms with Crippen LogP contribution < -0.4 is 5.32 Å². The highest BCUT2D eigenvalue weighted by molar-refractivity contribution is 9.10. The third-order valence-corrected chi connectivity index (χ3v) is 6.17. The quantitative estimate of drug-likeness (QED) is 0.293. The molecule has 0 bridgehead atoms. The largest absolute Gasteiger partial charge is 0.457 e. The van der Waals surface area contributed by atoms with Crippen molar-refractivity contribution in [2.75, 3.05) is 5.32 Å². The molecule has 0 unspecified atom stereocenters. The van der Waals surface area contributed by atoms with E-state index in [1.54, 1.807) is 6.08 Å². The number of furan rings is 1. The molecule has 0 fully saturated rings. The SMILES string of the molecule is CC(=O)Nc1sc(/C(C#N)=C/c2ccc(-c3ccc(Br)cc3)o2)nc1-c1ccc(C)cc1. The molecular formula is C25H18BrN3O2S. The summed E-state index contributed by atoms with van der Waals surface area (Å²) in [6.45, 7) is 3.46. The normalized spacial score (nSPS) is 11.2. The number of aromatic nitrogens is 1. The van der Waals surface area contributed by atoms with Crippen molar-refractivity contribution in [1.82, 2.24) is 4.98 Å². The minimum absolute atomic E-state index is 0.193. The van der Waals surface area contributed by atoms with Crippen molar-refractivity contribution in [1.29, 1.82) is 5.26 Å². The van der Waals surface area contributed by atoms with E-state index in [2.05, 4.69) is 32.3 Å². The van der Waals surface area contributed by atoms with Gasteiger partial charge in [-0.15, -0.1) is 0 Å². The number of nitrogens with zero attached hydrogens (tertiary/aromatic N) is 2. The van der Waals surface area contributed by atoms with Crippen LogP contribution in [-0.4, -0.2) is 10.9 Å². The molecule has 0 radical (unpaired) electrons. The van der Waals surface area contributed by atoms with E-state index in [0.29, 0.717) is 32.8 Å². The molecule has 0 aliphatic heterocycles. The van der Waals surface area contributed by atoms with Gasteiger partial charge in [0.15, 0.2) is 0 Å². The number of carbonyl (C=O) groups excluding carboxylic acids is 1. The maximum atomic E-state index is 11.7. The number of allylic oxidation sites excluding steroid dienone is 1. The van der Waals surface area contributed by atoms with E-state index in [0.717, 1.165) is 21.2 Å². The van der Waals surface area contributed by atoms with Crippen molar-refractivity contribution in [3.63, 3.8) is 0 Å². The lowest BCUT2D eigenvalue weighted by molar-refractivity contribution is -0.114. The zero-order valence-corrected chi connectivity index (χ0v) is 19.8. The third-order valence-electron chi connectivity index (χ3n) is 4.63. The number of halogens is 1. The fourth-order valence-corrected chi connectivity index (χ4v) is 4.33. The summed E-state index contributed by atoms with van der Waals surface area (Å²) in [6.07, 6.45) is 1.66. The first-order valence-electron chi connectivity index (χ1n) is 9.76. The predicted octanol–water partition coefficient (Wildman–Crippen LogP) is 7.16. The van der Waals surface area contributed by atoms with Crippen molar-refractivity contribution in [2.24, 2.45) is 0 Å². The van der Waals surface area contributed by atoms with E-state index in [9.17, 15) is 10.1 Å². The number of rotatable bonds is 5. The van der Waals surface area contributed by atoms with Gasteiger partial charge in [0.1, 0.15) is 33.3 Å². The Morgan fingerprint density at radius 3 is 2.44 bits per heavy atom. The van der Waals surface area contributed by atoms with Gasteiger partial charge in [-0.2, -0.15) is 5.26 Å².